The molecule has 0 aliphatic heterocycles. The van der Waals surface area contributed by atoms with Crippen LogP contribution in [0.1, 0.15) is 15.9 Å². The standard InChI is InChI=1S/C24H21BrN2O6/c1-30-19-6-3-16(4-7-19)24(29)33-22-12-5-18(25)13-17(22)14-26-27-23(28)15-32-21-10-8-20(31-2)9-11-21/h3-14H,15H2,1-2H3,(H,27,28)/b26-14+. The first-order valence-corrected chi connectivity index (χ1v) is 10.5. The second-order valence-electron chi connectivity index (χ2n) is 6.56. The molecule has 0 saturated heterocycles. The van der Waals surface area contributed by atoms with Crippen molar-refractivity contribution in [2.24, 2.45) is 5.10 Å². The number of nitrogens with one attached hydrogen (secondary N) is 1. The third-order valence-electron chi connectivity index (χ3n) is 4.32. The van der Waals surface area contributed by atoms with E-state index in [-0.39, 0.29) is 12.4 Å². The number of rotatable bonds is 9. The second-order valence-corrected chi connectivity index (χ2v) is 7.47. The van der Waals surface area contributed by atoms with Crippen LogP contribution >= 0.6 is 15.9 Å². The molecule has 0 radical (unpaired) electrons. The Labute approximate surface area is 199 Å². The van der Waals surface area contributed by atoms with Crippen molar-refractivity contribution in [3.63, 3.8) is 0 Å². The van der Waals surface area contributed by atoms with Gasteiger partial charge in [-0.1, -0.05) is 15.9 Å². The summed E-state index contributed by atoms with van der Waals surface area (Å²) < 4.78 is 21.8. The molecule has 0 heterocycles. The highest BCUT2D eigenvalue weighted by Crippen LogP contribution is 2.23. The van der Waals surface area contributed by atoms with E-state index in [4.69, 9.17) is 18.9 Å². The van der Waals surface area contributed by atoms with E-state index in [1.807, 2.05) is 0 Å². The van der Waals surface area contributed by atoms with Crippen molar-refractivity contribution < 1.29 is 28.5 Å². The van der Waals surface area contributed by atoms with E-state index in [0.717, 1.165) is 4.47 Å². The number of hydrazone groups is 1. The monoisotopic (exact) mass is 512 g/mol. The lowest BCUT2D eigenvalue weighted by Gasteiger charge is -2.09. The zero-order valence-corrected chi connectivity index (χ0v) is 19.5. The number of methoxy groups -OCH3 is 2. The summed E-state index contributed by atoms with van der Waals surface area (Å²) in [7, 11) is 3.11. The molecular weight excluding hydrogens is 492 g/mol. The maximum Gasteiger partial charge on any atom is 0.343 e. The Morgan fingerprint density at radius 3 is 2.15 bits per heavy atom. The average Bonchev–Trinajstić information content (AvgIpc) is 2.84. The Morgan fingerprint density at radius 2 is 1.52 bits per heavy atom. The van der Waals surface area contributed by atoms with Crippen molar-refractivity contribution in [2.75, 3.05) is 20.8 Å². The number of amides is 1. The molecule has 0 bridgehead atoms. The van der Waals surface area contributed by atoms with Gasteiger partial charge in [0, 0.05) is 10.0 Å². The van der Waals surface area contributed by atoms with Crippen molar-refractivity contribution in [1.82, 2.24) is 5.43 Å². The summed E-state index contributed by atoms with van der Waals surface area (Å²) in [5.41, 5.74) is 3.23. The Bertz CT molecular complexity index is 1130. The minimum atomic E-state index is -0.536. The Kier molecular flexibility index (Phi) is 8.43. The van der Waals surface area contributed by atoms with Gasteiger partial charge in [0.25, 0.3) is 5.91 Å². The van der Waals surface area contributed by atoms with Crippen molar-refractivity contribution in [2.45, 2.75) is 0 Å². The van der Waals surface area contributed by atoms with Crippen LogP contribution in [-0.2, 0) is 4.79 Å². The van der Waals surface area contributed by atoms with E-state index in [2.05, 4.69) is 26.5 Å². The number of hydrogen-bond donors (Lipinski definition) is 1. The van der Waals surface area contributed by atoms with Crippen LogP contribution < -0.4 is 24.4 Å². The molecule has 8 nitrogen and oxygen atoms in total. The van der Waals surface area contributed by atoms with Crippen molar-refractivity contribution >= 4 is 34.0 Å². The van der Waals surface area contributed by atoms with Crippen molar-refractivity contribution in [3.8, 4) is 23.0 Å². The molecule has 0 aliphatic rings. The van der Waals surface area contributed by atoms with E-state index in [1.54, 1.807) is 80.9 Å². The van der Waals surface area contributed by atoms with Gasteiger partial charge in [-0.3, -0.25) is 4.79 Å². The summed E-state index contributed by atoms with van der Waals surface area (Å²) in [6.07, 6.45) is 1.38. The highest BCUT2D eigenvalue weighted by Gasteiger charge is 2.12. The Morgan fingerprint density at radius 1 is 0.909 bits per heavy atom. The van der Waals surface area contributed by atoms with Crippen LogP contribution in [0.3, 0.4) is 0 Å². The van der Waals surface area contributed by atoms with Gasteiger partial charge in [-0.15, -0.1) is 0 Å². The number of ether oxygens (including phenoxy) is 4. The van der Waals surface area contributed by atoms with Gasteiger partial charge in [-0.2, -0.15) is 5.10 Å². The summed E-state index contributed by atoms with van der Waals surface area (Å²) in [6, 6.07) is 18.5. The number of nitrogens with zero attached hydrogens (tertiary/aromatic N) is 1. The fourth-order valence-electron chi connectivity index (χ4n) is 2.63. The molecule has 0 atom stereocenters. The number of halogens is 1. The Hall–Kier alpha value is -3.85. The molecule has 170 valence electrons. The van der Waals surface area contributed by atoms with Crippen LogP contribution in [0.25, 0.3) is 0 Å². The summed E-state index contributed by atoms with van der Waals surface area (Å²) in [4.78, 5) is 24.5. The predicted octanol–water partition coefficient (Wildman–Crippen LogP) is 4.21. The van der Waals surface area contributed by atoms with E-state index in [1.165, 1.54) is 6.21 Å². The average molecular weight is 513 g/mol. The summed E-state index contributed by atoms with van der Waals surface area (Å²) in [5.74, 6) is 1.14. The number of carbonyl (C=O) groups is 2. The van der Waals surface area contributed by atoms with Crippen LogP contribution in [0.15, 0.2) is 76.3 Å². The van der Waals surface area contributed by atoms with Gasteiger partial charge in [0.1, 0.15) is 23.0 Å². The SMILES string of the molecule is COc1ccc(OCC(=O)N/N=C/c2cc(Br)ccc2OC(=O)c2ccc(OC)cc2)cc1. The molecule has 33 heavy (non-hydrogen) atoms. The molecule has 3 aromatic rings. The molecule has 3 aromatic carbocycles. The van der Waals surface area contributed by atoms with Crippen LogP contribution in [0.5, 0.6) is 23.0 Å². The third-order valence-corrected chi connectivity index (χ3v) is 4.82. The van der Waals surface area contributed by atoms with Crippen LogP contribution in [0.4, 0.5) is 0 Å². The van der Waals surface area contributed by atoms with E-state index in [9.17, 15) is 9.59 Å². The minimum absolute atomic E-state index is 0.221. The lowest BCUT2D eigenvalue weighted by atomic mass is 10.2. The van der Waals surface area contributed by atoms with Crippen LogP contribution in [0, 0.1) is 0 Å². The first-order chi connectivity index (χ1) is 16.0. The Balaban J connectivity index is 1.59. The molecule has 3 rings (SSSR count). The first-order valence-electron chi connectivity index (χ1n) is 9.73. The van der Waals surface area contributed by atoms with Crippen molar-refractivity contribution in [1.29, 1.82) is 0 Å². The molecule has 0 aromatic heterocycles. The number of benzene rings is 3. The maximum absolute atomic E-state index is 12.5. The fraction of sp³-hybridized carbons (Fsp3) is 0.125. The van der Waals surface area contributed by atoms with E-state index in [0.29, 0.717) is 28.4 Å². The smallest absolute Gasteiger partial charge is 0.343 e. The lowest BCUT2D eigenvalue weighted by molar-refractivity contribution is -0.123. The van der Waals surface area contributed by atoms with E-state index >= 15 is 0 Å². The topological polar surface area (TPSA) is 95.5 Å². The van der Waals surface area contributed by atoms with Gasteiger partial charge >= 0.3 is 5.97 Å². The normalized spacial score (nSPS) is 10.5. The summed E-state index contributed by atoms with van der Waals surface area (Å²) >= 11 is 3.37. The molecule has 0 unspecified atom stereocenters. The van der Waals surface area contributed by atoms with Gasteiger partial charge in [0.15, 0.2) is 6.61 Å². The molecule has 0 aliphatic carbocycles. The summed E-state index contributed by atoms with van der Waals surface area (Å²) in [5, 5.41) is 3.93. The van der Waals surface area contributed by atoms with Gasteiger partial charge in [0.05, 0.1) is 26.0 Å². The quantitative estimate of drug-likeness (QED) is 0.199. The molecule has 1 N–H and O–H groups in total. The largest absolute Gasteiger partial charge is 0.497 e. The fourth-order valence-corrected chi connectivity index (χ4v) is 3.00. The number of esters is 1. The first kappa shape index (κ1) is 23.8. The lowest BCUT2D eigenvalue weighted by Crippen LogP contribution is -2.24. The molecule has 1 amide bonds. The van der Waals surface area contributed by atoms with Gasteiger partial charge in [-0.25, -0.2) is 10.2 Å². The molecule has 0 spiro atoms. The van der Waals surface area contributed by atoms with Crippen LogP contribution in [0.2, 0.25) is 0 Å². The number of carbonyl (C=O) groups excluding carboxylic acids is 2. The second kappa shape index (κ2) is 11.7. The zero-order valence-electron chi connectivity index (χ0n) is 17.9. The molecule has 0 saturated carbocycles. The zero-order chi connectivity index (χ0) is 23.6. The van der Waals surface area contributed by atoms with Gasteiger partial charge in [0.2, 0.25) is 0 Å². The molecule has 0 fully saturated rings. The highest BCUT2D eigenvalue weighted by molar-refractivity contribution is 9.10. The van der Waals surface area contributed by atoms with Crippen molar-refractivity contribution in [3.05, 3.63) is 82.3 Å². The molecule has 9 heteroatoms. The number of hydrogen-bond acceptors (Lipinski definition) is 7. The molecular formula is C24H21BrN2O6. The van der Waals surface area contributed by atoms with Crippen LogP contribution in [-0.4, -0.2) is 38.9 Å². The van der Waals surface area contributed by atoms with Gasteiger partial charge in [-0.05, 0) is 66.7 Å². The maximum atomic E-state index is 12.5. The minimum Gasteiger partial charge on any atom is -0.497 e. The van der Waals surface area contributed by atoms with Gasteiger partial charge < -0.3 is 18.9 Å². The third kappa shape index (κ3) is 7.08. The van der Waals surface area contributed by atoms with E-state index < -0.39 is 11.9 Å². The summed E-state index contributed by atoms with van der Waals surface area (Å²) in [6.45, 7) is -0.221. The predicted molar refractivity (Wildman–Crippen MR) is 126 cm³/mol. The highest BCUT2D eigenvalue weighted by atomic mass is 79.9.